The van der Waals surface area contributed by atoms with Crippen molar-refractivity contribution in [3.63, 3.8) is 0 Å². The number of hydrazine groups is 1. The van der Waals surface area contributed by atoms with E-state index in [4.69, 9.17) is 4.74 Å². The van der Waals surface area contributed by atoms with Crippen LogP contribution in [0, 0.1) is 11.7 Å². The summed E-state index contributed by atoms with van der Waals surface area (Å²) in [5.74, 6) is -1.07. The van der Waals surface area contributed by atoms with Crippen molar-refractivity contribution in [3.8, 4) is 5.75 Å². The van der Waals surface area contributed by atoms with Crippen molar-refractivity contribution >= 4 is 11.8 Å². The van der Waals surface area contributed by atoms with Gasteiger partial charge >= 0.3 is 0 Å². The number of ether oxygens (including phenoxy) is 1. The van der Waals surface area contributed by atoms with Crippen LogP contribution >= 0.6 is 0 Å². The van der Waals surface area contributed by atoms with Gasteiger partial charge in [-0.15, -0.1) is 0 Å². The molecular formula is C20H23FN2O3. The topological polar surface area (TPSA) is 67.4 Å². The summed E-state index contributed by atoms with van der Waals surface area (Å²) in [5.41, 5.74) is 6.19. The molecule has 0 unspecified atom stereocenters. The minimum atomic E-state index is -0.972. The third kappa shape index (κ3) is 5.58. The van der Waals surface area contributed by atoms with Gasteiger partial charge in [-0.3, -0.25) is 20.4 Å². The maximum Gasteiger partial charge on any atom is 0.279 e. The van der Waals surface area contributed by atoms with E-state index < -0.39 is 23.7 Å². The van der Waals surface area contributed by atoms with E-state index in [0.717, 1.165) is 12.0 Å². The van der Waals surface area contributed by atoms with Crippen molar-refractivity contribution in [1.29, 1.82) is 0 Å². The summed E-state index contributed by atoms with van der Waals surface area (Å²) in [4.78, 5) is 24.1. The lowest BCUT2D eigenvalue weighted by Gasteiger charge is -2.15. The Morgan fingerprint density at radius 3 is 2.27 bits per heavy atom. The van der Waals surface area contributed by atoms with Crippen LogP contribution in [0.25, 0.3) is 0 Å². The second kappa shape index (κ2) is 8.99. The molecule has 2 rings (SSSR count). The molecule has 0 saturated carbocycles. The van der Waals surface area contributed by atoms with Crippen LogP contribution in [-0.4, -0.2) is 17.9 Å². The van der Waals surface area contributed by atoms with Gasteiger partial charge in [-0.2, -0.15) is 0 Å². The van der Waals surface area contributed by atoms with Crippen molar-refractivity contribution in [2.24, 2.45) is 5.92 Å². The van der Waals surface area contributed by atoms with Crippen molar-refractivity contribution in [2.45, 2.75) is 33.3 Å². The number of carbonyl (C=O) groups excluding carboxylic acids is 2. The summed E-state index contributed by atoms with van der Waals surface area (Å²) >= 11 is 0. The van der Waals surface area contributed by atoms with E-state index in [0.29, 0.717) is 11.5 Å². The molecule has 0 aliphatic carbocycles. The molecule has 0 radical (unpaired) electrons. The molecule has 6 heteroatoms. The second-order valence-electron chi connectivity index (χ2n) is 6.43. The molecule has 0 aromatic heterocycles. The van der Waals surface area contributed by atoms with Gasteiger partial charge in [0.05, 0.1) is 0 Å². The SMILES string of the molecule is CC(C)Cc1ccc(C(=O)NNC(=O)[C@H](C)Oc2ccccc2F)cc1. The summed E-state index contributed by atoms with van der Waals surface area (Å²) in [6, 6.07) is 13.0. The van der Waals surface area contributed by atoms with Crippen molar-refractivity contribution in [2.75, 3.05) is 0 Å². The normalized spacial score (nSPS) is 11.7. The van der Waals surface area contributed by atoms with Gasteiger partial charge in [-0.05, 0) is 49.1 Å². The Balaban J connectivity index is 1.86. The lowest BCUT2D eigenvalue weighted by Crippen LogP contribution is -2.47. The summed E-state index contributed by atoms with van der Waals surface area (Å²) < 4.78 is 18.8. The van der Waals surface area contributed by atoms with Gasteiger partial charge in [0.1, 0.15) is 0 Å². The quantitative estimate of drug-likeness (QED) is 0.779. The van der Waals surface area contributed by atoms with Crippen LogP contribution in [0.1, 0.15) is 36.7 Å². The maximum atomic E-state index is 13.5. The summed E-state index contributed by atoms with van der Waals surface area (Å²) in [5, 5.41) is 0. The molecule has 2 amide bonds. The van der Waals surface area contributed by atoms with Crippen molar-refractivity contribution in [1.82, 2.24) is 10.9 Å². The maximum absolute atomic E-state index is 13.5. The highest BCUT2D eigenvalue weighted by Gasteiger charge is 2.17. The molecule has 138 valence electrons. The minimum Gasteiger partial charge on any atom is -0.478 e. The van der Waals surface area contributed by atoms with E-state index in [-0.39, 0.29) is 5.75 Å². The van der Waals surface area contributed by atoms with Gasteiger partial charge < -0.3 is 4.74 Å². The molecule has 26 heavy (non-hydrogen) atoms. The van der Waals surface area contributed by atoms with Gasteiger partial charge in [-0.25, -0.2) is 4.39 Å². The molecule has 0 fully saturated rings. The number of amides is 2. The molecule has 0 spiro atoms. The average molecular weight is 358 g/mol. The molecule has 2 aromatic rings. The van der Waals surface area contributed by atoms with Crippen LogP contribution in [0.4, 0.5) is 4.39 Å². The summed E-state index contributed by atoms with van der Waals surface area (Å²) in [6.07, 6.45) is -0.0376. The van der Waals surface area contributed by atoms with Crippen molar-refractivity contribution in [3.05, 3.63) is 65.5 Å². The fourth-order valence-corrected chi connectivity index (χ4v) is 2.34. The first-order valence-electron chi connectivity index (χ1n) is 8.47. The molecule has 0 aliphatic rings. The summed E-state index contributed by atoms with van der Waals surface area (Å²) in [7, 11) is 0. The first kappa shape index (κ1) is 19.4. The van der Waals surface area contributed by atoms with Crippen LogP contribution in [0.2, 0.25) is 0 Å². The summed E-state index contributed by atoms with van der Waals surface area (Å²) in [6.45, 7) is 5.72. The Bertz CT molecular complexity index is 760. The zero-order chi connectivity index (χ0) is 19.1. The monoisotopic (exact) mass is 358 g/mol. The van der Waals surface area contributed by atoms with Crippen LogP contribution in [0.15, 0.2) is 48.5 Å². The van der Waals surface area contributed by atoms with E-state index >= 15 is 0 Å². The van der Waals surface area contributed by atoms with Crippen LogP contribution in [-0.2, 0) is 11.2 Å². The zero-order valence-corrected chi connectivity index (χ0v) is 15.1. The highest BCUT2D eigenvalue weighted by Crippen LogP contribution is 2.17. The predicted octanol–water partition coefficient (Wildman–Crippen LogP) is 3.25. The third-order valence-electron chi connectivity index (χ3n) is 3.67. The Kier molecular flexibility index (Phi) is 6.72. The van der Waals surface area contributed by atoms with Gasteiger partial charge in [-0.1, -0.05) is 38.1 Å². The highest BCUT2D eigenvalue weighted by atomic mass is 19.1. The molecule has 1 atom stereocenters. The Hall–Kier alpha value is -2.89. The molecule has 5 nitrogen and oxygen atoms in total. The number of hydrogen-bond acceptors (Lipinski definition) is 3. The molecule has 0 heterocycles. The molecule has 2 N–H and O–H groups in total. The van der Waals surface area contributed by atoms with Gasteiger partial charge in [0.15, 0.2) is 17.7 Å². The largest absolute Gasteiger partial charge is 0.478 e. The number of hydrogen-bond donors (Lipinski definition) is 2. The van der Waals surface area contributed by atoms with Crippen LogP contribution < -0.4 is 15.6 Å². The average Bonchev–Trinajstić information content (AvgIpc) is 2.61. The van der Waals surface area contributed by atoms with E-state index in [1.165, 1.54) is 25.1 Å². The number of nitrogens with one attached hydrogen (secondary N) is 2. The second-order valence-corrected chi connectivity index (χ2v) is 6.43. The number of benzene rings is 2. The number of carbonyl (C=O) groups is 2. The number of halogens is 1. The number of para-hydroxylation sites is 1. The van der Waals surface area contributed by atoms with Gasteiger partial charge in [0.2, 0.25) is 0 Å². The standard InChI is InChI=1S/C20H23FN2O3/c1-13(2)12-15-8-10-16(11-9-15)20(25)23-22-19(24)14(3)26-18-7-5-4-6-17(18)21/h4-11,13-14H,12H2,1-3H3,(H,22,24)(H,23,25)/t14-/m0/s1. The lowest BCUT2D eigenvalue weighted by atomic mass is 10.0. The fraction of sp³-hybridized carbons (Fsp3) is 0.300. The van der Waals surface area contributed by atoms with E-state index in [9.17, 15) is 14.0 Å². The fourth-order valence-electron chi connectivity index (χ4n) is 2.34. The van der Waals surface area contributed by atoms with Crippen LogP contribution in [0.3, 0.4) is 0 Å². The molecular weight excluding hydrogens is 335 g/mol. The van der Waals surface area contributed by atoms with E-state index in [1.807, 2.05) is 12.1 Å². The van der Waals surface area contributed by atoms with E-state index in [1.54, 1.807) is 18.2 Å². The van der Waals surface area contributed by atoms with Crippen molar-refractivity contribution < 1.29 is 18.7 Å². The van der Waals surface area contributed by atoms with Gasteiger partial charge in [0.25, 0.3) is 11.8 Å². The van der Waals surface area contributed by atoms with Crippen LogP contribution in [0.5, 0.6) is 5.75 Å². The Labute approximate surface area is 152 Å². The van der Waals surface area contributed by atoms with Gasteiger partial charge in [0, 0.05) is 5.56 Å². The first-order valence-corrected chi connectivity index (χ1v) is 8.47. The molecule has 2 aromatic carbocycles. The molecule has 0 aliphatic heterocycles. The number of rotatable bonds is 6. The highest BCUT2D eigenvalue weighted by molar-refractivity contribution is 5.95. The Morgan fingerprint density at radius 2 is 1.65 bits per heavy atom. The predicted molar refractivity (Wildman–Crippen MR) is 97.1 cm³/mol. The zero-order valence-electron chi connectivity index (χ0n) is 15.1. The molecule has 0 saturated heterocycles. The lowest BCUT2D eigenvalue weighted by molar-refractivity contribution is -0.128. The first-order chi connectivity index (χ1) is 12.4. The Morgan fingerprint density at radius 1 is 1.00 bits per heavy atom. The third-order valence-corrected chi connectivity index (χ3v) is 3.67. The molecule has 0 bridgehead atoms. The van der Waals surface area contributed by atoms with E-state index in [2.05, 4.69) is 24.7 Å². The minimum absolute atomic E-state index is 0.0257. The smallest absolute Gasteiger partial charge is 0.279 e.